The summed E-state index contributed by atoms with van der Waals surface area (Å²) in [6.07, 6.45) is -4.96. The largest absolute Gasteiger partial charge is 0.507 e. The molecule has 6 N–H and O–H groups in total. The molecular formula is C29H35ClNO14P. The molecular weight excluding hydrogens is 653 g/mol. The average molecular weight is 688 g/mol. The van der Waals surface area contributed by atoms with Crippen molar-refractivity contribution in [2.24, 2.45) is 5.73 Å². The van der Waals surface area contributed by atoms with Gasteiger partial charge in [0.2, 0.25) is 5.78 Å². The van der Waals surface area contributed by atoms with Crippen LogP contribution in [0.1, 0.15) is 75.8 Å². The summed E-state index contributed by atoms with van der Waals surface area (Å²) in [7, 11) is -1.76. The van der Waals surface area contributed by atoms with Gasteiger partial charge in [-0.2, -0.15) is 0 Å². The van der Waals surface area contributed by atoms with E-state index in [9.17, 15) is 39.4 Å². The molecule has 4 unspecified atom stereocenters. The van der Waals surface area contributed by atoms with E-state index in [2.05, 4.69) is 9.05 Å². The van der Waals surface area contributed by atoms with Gasteiger partial charge in [0.15, 0.2) is 24.6 Å². The maximum Gasteiger partial charge on any atom is 0.477 e. The van der Waals surface area contributed by atoms with Crippen molar-refractivity contribution in [3.63, 3.8) is 0 Å². The number of rotatable bonds is 9. The molecule has 2 aromatic rings. The van der Waals surface area contributed by atoms with E-state index in [0.717, 1.165) is 21.1 Å². The Bertz CT molecular complexity index is 1600. The van der Waals surface area contributed by atoms with Crippen molar-refractivity contribution in [2.75, 3.05) is 21.0 Å². The zero-order valence-electron chi connectivity index (χ0n) is 25.3. The highest BCUT2D eigenvalue weighted by Gasteiger charge is 2.49. The highest BCUT2D eigenvalue weighted by molar-refractivity contribution is 7.48. The second kappa shape index (κ2) is 13.3. The first-order valence-corrected chi connectivity index (χ1v) is 15.4. The van der Waals surface area contributed by atoms with Crippen LogP contribution in [0.25, 0.3) is 0 Å². The lowest BCUT2D eigenvalue weighted by Gasteiger charge is -2.42. The van der Waals surface area contributed by atoms with Crippen LogP contribution in [-0.2, 0) is 38.8 Å². The number of nitrogens with two attached hydrogens (primary N) is 1. The summed E-state index contributed by atoms with van der Waals surface area (Å²) < 4.78 is 44.0. The number of phosphoric ester groups is 1. The minimum absolute atomic E-state index is 0. The first kappa shape index (κ1) is 35.9. The predicted octanol–water partition coefficient (Wildman–Crippen LogP) is 2.20. The summed E-state index contributed by atoms with van der Waals surface area (Å²) in [5.74, 6) is -3.99. The summed E-state index contributed by atoms with van der Waals surface area (Å²) in [4.78, 5) is 40.4. The molecule has 0 bridgehead atoms. The van der Waals surface area contributed by atoms with Gasteiger partial charge in [0.25, 0.3) is 0 Å². The number of fused-ring (bicyclic) bond motifs is 3. The summed E-state index contributed by atoms with van der Waals surface area (Å²) in [6.45, 7) is 2.02. The Morgan fingerprint density at radius 2 is 1.76 bits per heavy atom. The fraction of sp³-hybridized carbons (Fsp3) is 0.483. The van der Waals surface area contributed by atoms with Crippen LogP contribution in [0.3, 0.4) is 0 Å². The third-order valence-electron chi connectivity index (χ3n) is 8.45. The number of aromatic hydroxyl groups is 2. The third kappa shape index (κ3) is 6.08. The number of carbonyl (C=O) groups excluding carboxylic acids is 3. The minimum Gasteiger partial charge on any atom is -0.507 e. The minimum atomic E-state index is -3.95. The molecule has 6 atom stereocenters. The molecule has 252 valence electrons. The standard InChI is InChI=1S/C29H34NO14P.ClH/c1-12-24(32)16(30)8-19(43-12)44-18-10-29(37,13(2)31)9-15-21(18)28(36)23-22(26(15)34)25(33)14-6-5-7-17(20(14)27(23)35)41-11-42-45(38,39-3)40-4;/h5-7,12,16,18-19,24,32,34,36-37H,8-11,30H2,1-4H3;1H/t12?,16?,18-,19?,24?,29-;/m0./s1. The van der Waals surface area contributed by atoms with Crippen LogP contribution in [0, 0.1) is 0 Å². The Morgan fingerprint density at radius 1 is 1.11 bits per heavy atom. The van der Waals surface area contributed by atoms with E-state index in [0.29, 0.717) is 0 Å². The van der Waals surface area contributed by atoms with Gasteiger partial charge < -0.3 is 40.4 Å². The van der Waals surface area contributed by atoms with E-state index in [4.69, 9.17) is 24.5 Å². The number of phosphoric acid groups is 1. The number of halogens is 1. The lowest BCUT2D eigenvalue weighted by molar-refractivity contribution is -0.247. The van der Waals surface area contributed by atoms with E-state index in [1.54, 1.807) is 6.92 Å². The maximum absolute atomic E-state index is 14.0. The maximum atomic E-state index is 14.0. The van der Waals surface area contributed by atoms with Crippen LogP contribution in [0.5, 0.6) is 17.2 Å². The van der Waals surface area contributed by atoms with Gasteiger partial charge in [-0.15, -0.1) is 12.4 Å². The predicted molar refractivity (Wildman–Crippen MR) is 159 cm³/mol. The van der Waals surface area contributed by atoms with Crippen molar-refractivity contribution in [3.05, 3.63) is 51.6 Å². The molecule has 2 aliphatic carbocycles. The number of hydrogen-bond acceptors (Lipinski definition) is 15. The molecule has 1 fully saturated rings. The molecule has 1 heterocycles. The number of ketones is 3. The third-order valence-corrected chi connectivity index (χ3v) is 9.77. The molecule has 0 amide bonds. The molecule has 46 heavy (non-hydrogen) atoms. The van der Waals surface area contributed by atoms with Crippen molar-refractivity contribution >= 4 is 37.6 Å². The van der Waals surface area contributed by atoms with Crippen molar-refractivity contribution in [1.29, 1.82) is 0 Å². The molecule has 1 saturated heterocycles. The van der Waals surface area contributed by atoms with Gasteiger partial charge in [0.05, 0.1) is 35.0 Å². The Labute approximate surface area is 269 Å². The highest BCUT2D eigenvalue weighted by Crippen LogP contribution is 2.53. The van der Waals surface area contributed by atoms with Crippen LogP contribution in [0.15, 0.2) is 18.2 Å². The molecule has 0 aromatic heterocycles. The van der Waals surface area contributed by atoms with E-state index in [1.165, 1.54) is 18.2 Å². The molecule has 0 radical (unpaired) electrons. The zero-order chi connectivity index (χ0) is 33.0. The van der Waals surface area contributed by atoms with Crippen LogP contribution in [0.2, 0.25) is 0 Å². The van der Waals surface area contributed by atoms with Crippen molar-refractivity contribution in [3.8, 4) is 17.2 Å². The molecule has 0 saturated carbocycles. The van der Waals surface area contributed by atoms with Crippen LogP contribution in [0.4, 0.5) is 0 Å². The Kier molecular flexibility index (Phi) is 10.4. The lowest BCUT2D eigenvalue weighted by Crippen LogP contribution is -2.52. The first-order valence-electron chi connectivity index (χ1n) is 14.0. The normalized spacial score (nSPS) is 27.2. The average Bonchev–Trinajstić information content (AvgIpc) is 2.99. The van der Waals surface area contributed by atoms with E-state index >= 15 is 0 Å². The highest BCUT2D eigenvalue weighted by atomic mass is 35.5. The SMILES string of the molecule is COP(=O)(OC)OCOc1cccc2c1C(=O)c1c(O)c3c(c(O)c1C2=O)C[C@@](O)(C(C)=O)C[C@@H]3OC1CC(N)C(O)C(C)O1.Cl. The van der Waals surface area contributed by atoms with Crippen molar-refractivity contribution in [2.45, 2.75) is 69.4 Å². The number of carbonyl (C=O) groups is 3. The fourth-order valence-corrected chi connectivity index (χ4v) is 6.49. The lowest BCUT2D eigenvalue weighted by atomic mass is 9.72. The van der Waals surface area contributed by atoms with Crippen molar-refractivity contribution in [1.82, 2.24) is 0 Å². The summed E-state index contributed by atoms with van der Waals surface area (Å²) in [6, 6.07) is 3.32. The molecule has 17 heteroatoms. The molecule has 0 spiro atoms. The Hall–Kier alpha value is -2.95. The Morgan fingerprint density at radius 3 is 2.37 bits per heavy atom. The van der Waals surface area contributed by atoms with Crippen LogP contribution >= 0.6 is 20.2 Å². The molecule has 1 aliphatic heterocycles. The topological polar surface area (TPSA) is 231 Å². The Balaban J connectivity index is 0.00000480. The molecule has 2 aromatic carbocycles. The fourth-order valence-electron chi connectivity index (χ4n) is 5.94. The summed E-state index contributed by atoms with van der Waals surface area (Å²) >= 11 is 0. The quantitative estimate of drug-likeness (QED) is 0.123. The first-order chi connectivity index (χ1) is 21.2. The molecule has 5 rings (SSSR count). The molecule has 15 nitrogen and oxygen atoms in total. The van der Waals surface area contributed by atoms with Gasteiger partial charge in [-0.1, -0.05) is 12.1 Å². The van der Waals surface area contributed by atoms with Crippen LogP contribution < -0.4 is 10.5 Å². The number of phenolic OH excluding ortho intramolecular Hbond substituents is 2. The van der Waals surface area contributed by atoms with Gasteiger partial charge in [0, 0.05) is 56.2 Å². The second-order valence-electron chi connectivity index (χ2n) is 11.1. The van der Waals surface area contributed by atoms with Gasteiger partial charge in [-0.05, 0) is 19.9 Å². The monoisotopic (exact) mass is 687 g/mol. The molecule has 3 aliphatic rings. The number of ether oxygens (including phenoxy) is 3. The smallest absolute Gasteiger partial charge is 0.477 e. The van der Waals surface area contributed by atoms with Crippen molar-refractivity contribution < 1.29 is 67.2 Å². The van der Waals surface area contributed by atoms with Crippen LogP contribution in [-0.4, -0.2) is 88.9 Å². The van der Waals surface area contributed by atoms with E-state index < -0.39 is 104 Å². The van der Waals surface area contributed by atoms with Gasteiger partial charge in [-0.25, -0.2) is 9.09 Å². The van der Waals surface area contributed by atoms with Gasteiger partial charge in [-0.3, -0.25) is 23.4 Å². The number of phenols is 2. The van der Waals surface area contributed by atoms with E-state index in [-0.39, 0.29) is 46.8 Å². The number of aliphatic hydroxyl groups is 2. The van der Waals surface area contributed by atoms with Gasteiger partial charge in [0.1, 0.15) is 22.8 Å². The number of hydrogen-bond donors (Lipinski definition) is 5. The number of aliphatic hydroxyl groups excluding tert-OH is 1. The zero-order valence-corrected chi connectivity index (χ0v) is 27.0. The van der Waals surface area contributed by atoms with E-state index in [1.807, 2.05) is 0 Å². The second-order valence-corrected chi connectivity index (χ2v) is 13.0. The number of Topliss-reactive ketones (excluding diaryl/α,β-unsaturated/α-hetero) is 1. The summed E-state index contributed by atoms with van der Waals surface area (Å²) in [5, 5.41) is 44.6. The van der Waals surface area contributed by atoms with Gasteiger partial charge >= 0.3 is 7.82 Å². The summed E-state index contributed by atoms with van der Waals surface area (Å²) in [5.41, 5.74) is 2.17. The number of benzene rings is 2.